The lowest BCUT2D eigenvalue weighted by Crippen LogP contribution is -2.25. The van der Waals surface area contributed by atoms with Gasteiger partial charge in [0.2, 0.25) is 0 Å². The van der Waals surface area contributed by atoms with Crippen molar-refractivity contribution in [3.05, 3.63) is 55.8 Å². The molecule has 1 aliphatic heterocycles. The summed E-state index contributed by atoms with van der Waals surface area (Å²) in [7, 11) is 0. The van der Waals surface area contributed by atoms with Crippen LogP contribution in [0.15, 0.2) is 30.3 Å². The van der Waals surface area contributed by atoms with E-state index in [9.17, 15) is 14.4 Å². The summed E-state index contributed by atoms with van der Waals surface area (Å²) in [4.78, 5) is 36.4. The van der Waals surface area contributed by atoms with Crippen LogP contribution < -0.4 is 10.1 Å². The van der Waals surface area contributed by atoms with Crippen molar-refractivity contribution in [2.45, 2.75) is 0 Å². The van der Waals surface area contributed by atoms with Crippen molar-refractivity contribution in [3.8, 4) is 5.75 Å². The number of hydrogen-bond acceptors (Lipinski definition) is 6. The molecule has 0 bridgehead atoms. The second-order valence-electron chi connectivity index (χ2n) is 6.05. The molecule has 10 heteroatoms. The summed E-state index contributed by atoms with van der Waals surface area (Å²) in [5.41, 5.74) is 0.650. The van der Waals surface area contributed by atoms with E-state index in [0.29, 0.717) is 31.6 Å². The summed E-state index contributed by atoms with van der Waals surface area (Å²) in [6.07, 6.45) is 0. The molecule has 0 aliphatic carbocycles. The number of hydrogen-bond donors (Lipinski definition) is 1. The minimum atomic E-state index is -0.744. The fraction of sp³-hybridized carbons (Fsp3) is 0.105. The molecule has 1 aromatic heterocycles. The van der Waals surface area contributed by atoms with Gasteiger partial charge in [-0.05, 0) is 30.3 Å². The molecule has 1 aliphatic rings. The zero-order chi connectivity index (χ0) is 20.7. The Labute approximate surface area is 183 Å². The first-order valence-electron chi connectivity index (χ1n) is 8.17. The van der Waals surface area contributed by atoms with Gasteiger partial charge in [0, 0.05) is 20.7 Å². The van der Waals surface area contributed by atoms with Crippen molar-refractivity contribution in [3.63, 3.8) is 0 Å². The Morgan fingerprint density at radius 3 is 2.76 bits per heavy atom. The quantitative estimate of drug-likeness (QED) is 0.417. The summed E-state index contributed by atoms with van der Waals surface area (Å²) in [5, 5.41) is 4.01. The lowest BCUT2D eigenvalue weighted by molar-refractivity contribution is -0.118. The summed E-state index contributed by atoms with van der Waals surface area (Å²) in [6.45, 7) is -0.575. The van der Waals surface area contributed by atoms with Crippen molar-refractivity contribution in [1.82, 2.24) is 0 Å². The van der Waals surface area contributed by atoms with Crippen LogP contribution in [0.25, 0.3) is 10.1 Å². The van der Waals surface area contributed by atoms with Crippen molar-refractivity contribution in [2.24, 2.45) is 0 Å². The van der Waals surface area contributed by atoms with Crippen LogP contribution in [0.5, 0.6) is 5.75 Å². The van der Waals surface area contributed by atoms with Crippen molar-refractivity contribution < 1.29 is 23.9 Å². The molecule has 0 unspecified atom stereocenters. The molecular weight excluding hydrogens is 461 g/mol. The molecule has 1 amide bonds. The zero-order valence-electron chi connectivity index (χ0n) is 14.4. The number of thiophene rings is 1. The standard InChI is InChI=1S/C19H10Cl3NO5S/c20-9-4-10(21)16-14(5-9)29-18(17(16)22)19(26)28-6-12(24)8-1-2-13-11(3-8)23-15(25)7-27-13/h1-5H,6-7H2,(H,23,25). The molecule has 0 radical (unpaired) electrons. The van der Waals surface area contributed by atoms with Crippen LogP contribution in [0.3, 0.4) is 0 Å². The van der Waals surface area contributed by atoms with Crippen LogP contribution in [0.2, 0.25) is 15.1 Å². The van der Waals surface area contributed by atoms with Crippen LogP contribution in [0.4, 0.5) is 5.69 Å². The van der Waals surface area contributed by atoms with Gasteiger partial charge < -0.3 is 14.8 Å². The molecular formula is C19H10Cl3NO5S. The first-order valence-corrected chi connectivity index (χ1v) is 10.1. The Kier molecular flexibility index (Phi) is 5.40. The van der Waals surface area contributed by atoms with Crippen LogP contribution in [0.1, 0.15) is 20.0 Å². The average molecular weight is 471 g/mol. The fourth-order valence-electron chi connectivity index (χ4n) is 2.78. The molecule has 0 fully saturated rings. The van der Waals surface area contributed by atoms with Crippen LogP contribution in [0, 0.1) is 0 Å². The predicted molar refractivity (Wildman–Crippen MR) is 112 cm³/mol. The van der Waals surface area contributed by atoms with E-state index in [-0.39, 0.29) is 28.0 Å². The van der Waals surface area contributed by atoms with Crippen LogP contribution in [-0.2, 0) is 9.53 Å². The maximum Gasteiger partial charge on any atom is 0.350 e. The Morgan fingerprint density at radius 1 is 1.17 bits per heavy atom. The lowest BCUT2D eigenvalue weighted by Gasteiger charge is -2.18. The largest absolute Gasteiger partial charge is 0.482 e. The first kappa shape index (κ1) is 20.0. The van der Waals surface area contributed by atoms with Gasteiger partial charge >= 0.3 is 5.97 Å². The average Bonchev–Trinajstić information content (AvgIpc) is 3.01. The summed E-state index contributed by atoms with van der Waals surface area (Å²) >= 11 is 19.5. The molecule has 0 spiro atoms. The number of fused-ring (bicyclic) bond motifs is 2. The Morgan fingerprint density at radius 2 is 1.97 bits per heavy atom. The molecule has 0 atom stereocenters. The number of Topliss-reactive ketones (excluding diaryl/α,β-unsaturated/α-hetero) is 1. The molecule has 6 nitrogen and oxygen atoms in total. The lowest BCUT2D eigenvalue weighted by atomic mass is 10.1. The topological polar surface area (TPSA) is 81.7 Å². The second-order valence-corrected chi connectivity index (χ2v) is 8.33. The molecule has 4 rings (SSSR count). The number of amides is 1. The number of anilines is 1. The SMILES string of the molecule is O=C1COc2ccc(C(=O)COC(=O)c3sc4cc(Cl)cc(Cl)c4c3Cl)cc2N1. The van der Waals surface area contributed by atoms with E-state index in [4.69, 9.17) is 44.3 Å². The molecule has 2 heterocycles. The molecule has 148 valence electrons. The third kappa shape index (κ3) is 3.91. The van der Waals surface area contributed by atoms with E-state index in [1.165, 1.54) is 18.2 Å². The van der Waals surface area contributed by atoms with E-state index < -0.39 is 18.4 Å². The highest BCUT2D eigenvalue weighted by molar-refractivity contribution is 7.21. The predicted octanol–water partition coefficient (Wildman–Crippen LogP) is 5.23. The number of carbonyl (C=O) groups is 3. The number of benzene rings is 2. The first-order chi connectivity index (χ1) is 13.8. The van der Waals surface area contributed by atoms with E-state index >= 15 is 0 Å². The van der Waals surface area contributed by atoms with E-state index in [1.54, 1.807) is 12.1 Å². The van der Waals surface area contributed by atoms with Gasteiger partial charge in [0.15, 0.2) is 19.0 Å². The monoisotopic (exact) mass is 469 g/mol. The fourth-order valence-corrected chi connectivity index (χ4v) is 5.04. The number of rotatable bonds is 4. The number of ether oxygens (including phenoxy) is 2. The number of esters is 1. The van der Waals surface area contributed by atoms with Gasteiger partial charge in [-0.25, -0.2) is 4.79 Å². The number of halogens is 3. The summed E-state index contributed by atoms with van der Waals surface area (Å²) in [5.74, 6) is -1.04. The summed E-state index contributed by atoms with van der Waals surface area (Å²) < 4.78 is 11.0. The van der Waals surface area contributed by atoms with Gasteiger partial charge in [0.1, 0.15) is 10.6 Å². The van der Waals surface area contributed by atoms with Crippen molar-refractivity contribution >= 4 is 79.6 Å². The molecule has 29 heavy (non-hydrogen) atoms. The van der Waals surface area contributed by atoms with E-state index in [1.807, 2.05) is 0 Å². The maximum absolute atomic E-state index is 12.4. The van der Waals surface area contributed by atoms with E-state index in [0.717, 1.165) is 11.3 Å². The van der Waals surface area contributed by atoms with Gasteiger partial charge in [0.05, 0.1) is 15.7 Å². The van der Waals surface area contributed by atoms with Gasteiger partial charge in [-0.1, -0.05) is 34.8 Å². The third-order valence-corrected chi connectivity index (χ3v) is 6.23. The minimum Gasteiger partial charge on any atom is -0.482 e. The van der Waals surface area contributed by atoms with Crippen LogP contribution in [-0.4, -0.2) is 30.9 Å². The highest BCUT2D eigenvalue weighted by Crippen LogP contribution is 2.41. The molecule has 0 saturated carbocycles. The van der Waals surface area contributed by atoms with Gasteiger partial charge in [-0.2, -0.15) is 0 Å². The van der Waals surface area contributed by atoms with Gasteiger partial charge in [-0.15, -0.1) is 11.3 Å². The zero-order valence-corrected chi connectivity index (χ0v) is 17.5. The molecule has 0 saturated heterocycles. The third-order valence-electron chi connectivity index (χ3n) is 4.10. The second kappa shape index (κ2) is 7.84. The van der Waals surface area contributed by atoms with Gasteiger partial charge in [0.25, 0.3) is 5.91 Å². The number of ketones is 1. The molecule has 3 aromatic rings. The van der Waals surface area contributed by atoms with Crippen LogP contribution >= 0.6 is 46.1 Å². The normalized spacial score (nSPS) is 12.9. The molecule has 1 N–H and O–H groups in total. The number of carbonyl (C=O) groups excluding carboxylic acids is 3. The van der Waals surface area contributed by atoms with E-state index in [2.05, 4.69) is 5.32 Å². The minimum absolute atomic E-state index is 0.0803. The Bertz CT molecular complexity index is 1190. The highest BCUT2D eigenvalue weighted by atomic mass is 35.5. The Hall–Kier alpha value is -2.32. The molecule has 2 aromatic carbocycles. The van der Waals surface area contributed by atoms with Crippen molar-refractivity contribution in [2.75, 3.05) is 18.5 Å². The Balaban J connectivity index is 1.50. The van der Waals surface area contributed by atoms with Crippen molar-refractivity contribution in [1.29, 1.82) is 0 Å². The maximum atomic E-state index is 12.4. The number of nitrogens with one attached hydrogen (secondary N) is 1. The smallest absolute Gasteiger partial charge is 0.350 e. The summed E-state index contributed by atoms with van der Waals surface area (Å²) in [6, 6.07) is 7.74. The highest BCUT2D eigenvalue weighted by Gasteiger charge is 2.23. The van der Waals surface area contributed by atoms with Gasteiger partial charge in [-0.3, -0.25) is 9.59 Å².